The number of thioether (sulfide) groups is 1. The van der Waals surface area contributed by atoms with Crippen LogP contribution in [-0.4, -0.2) is 89.6 Å². The van der Waals surface area contributed by atoms with Crippen LogP contribution in [-0.2, 0) is 27.3 Å². The average Bonchev–Trinajstić information content (AvgIpc) is 3.22. The van der Waals surface area contributed by atoms with Crippen LogP contribution >= 0.6 is 11.8 Å². The SMILES string of the molecule is COC1=CC(c2cc(CN3CCC(N(Cc4ccc(-c5cc(OC)c(OC)c(OC)c5)cc4)c4cccc(SC)c4)CC3)ccn2)=CC(OC)C1(C)OC. The quantitative estimate of drug-likeness (QED) is 0.110. The molecule has 9 nitrogen and oxygen atoms in total. The molecule has 1 fully saturated rings. The first-order chi connectivity index (χ1) is 26.3. The fourth-order valence-electron chi connectivity index (χ4n) is 7.57. The molecule has 0 amide bonds. The highest BCUT2D eigenvalue weighted by Crippen LogP contribution is 2.41. The first-order valence-corrected chi connectivity index (χ1v) is 19.5. The van der Waals surface area contributed by atoms with Crippen LogP contribution in [0, 0.1) is 0 Å². The monoisotopic (exact) mass is 751 g/mol. The van der Waals surface area contributed by atoms with Crippen molar-refractivity contribution in [3.05, 3.63) is 114 Å². The molecule has 0 saturated carbocycles. The summed E-state index contributed by atoms with van der Waals surface area (Å²) in [6, 6.07) is 26.5. The molecule has 1 saturated heterocycles. The smallest absolute Gasteiger partial charge is 0.203 e. The Kier molecular flexibility index (Phi) is 12.9. The van der Waals surface area contributed by atoms with Gasteiger partial charge in [0.25, 0.3) is 0 Å². The minimum atomic E-state index is -0.705. The van der Waals surface area contributed by atoms with Crippen molar-refractivity contribution in [2.45, 2.75) is 55.5 Å². The summed E-state index contributed by atoms with van der Waals surface area (Å²) < 4.78 is 34.2. The average molecular weight is 752 g/mol. The third-order valence-electron chi connectivity index (χ3n) is 10.8. The van der Waals surface area contributed by atoms with Crippen molar-refractivity contribution >= 4 is 23.0 Å². The Morgan fingerprint density at radius 3 is 2.15 bits per heavy atom. The summed E-state index contributed by atoms with van der Waals surface area (Å²) >= 11 is 1.78. The van der Waals surface area contributed by atoms with Gasteiger partial charge >= 0.3 is 0 Å². The number of allylic oxidation sites excluding steroid dienone is 2. The number of nitrogens with zero attached hydrogens (tertiary/aromatic N) is 3. The number of likely N-dealkylation sites (tertiary alicyclic amines) is 1. The molecule has 1 aliphatic heterocycles. The number of hydrogen-bond acceptors (Lipinski definition) is 10. The molecule has 2 unspecified atom stereocenters. The molecule has 0 spiro atoms. The Labute approximate surface area is 324 Å². The Balaban J connectivity index is 1.16. The van der Waals surface area contributed by atoms with Crippen LogP contribution in [0.25, 0.3) is 16.7 Å². The highest BCUT2D eigenvalue weighted by Gasteiger charge is 2.41. The summed E-state index contributed by atoms with van der Waals surface area (Å²) in [6.45, 7) is 5.69. The van der Waals surface area contributed by atoms with Crippen molar-refractivity contribution in [3.8, 4) is 28.4 Å². The van der Waals surface area contributed by atoms with Crippen LogP contribution in [0.1, 0.15) is 36.6 Å². The van der Waals surface area contributed by atoms with Gasteiger partial charge in [0, 0.05) is 68.8 Å². The van der Waals surface area contributed by atoms with Gasteiger partial charge < -0.3 is 33.3 Å². The maximum absolute atomic E-state index is 5.83. The zero-order valence-corrected chi connectivity index (χ0v) is 33.6. The minimum Gasteiger partial charge on any atom is -0.498 e. The predicted octanol–water partition coefficient (Wildman–Crippen LogP) is 8.51. The van der Waals surface area contributed by atoms with E-state index >= 15 is 0 Å². The van der Waals surface area contributed by atoms with Crippen molar-refractivity contribution in [3.63, 3.8) is 0 Å². The summed E-state index contributed by atoms with van der Waals surface area (Å²) in [4.78, 5) is 11.2. The summed E-state index contributed by atoms with van der Waals surface area (Å²) in [7, 11) is 9.95. The number of aromatic nitrogens is 1. The van der Waals surface area contributed by atoms with Crippen LogP contribution in [0.15, 0.2) is 102 Å². The van der Waals surface area contributed by atoms with Crippen molar-refractivity contribution in [1.29, 1.82) is 0 Å². The molecule has 2 aliphatic rings. The Hall–Kier alpha value is -4.48. The molecule has 0 N–H and O–H groups in total. The molecule has 0 radical (unpaired) electrons. The molecule has 286 valence electrons. The highest BCUT2D eigenvalue weighted by molar-refractivity contribution is 7.98. The normalized spacial score (nSPS) is 19.1. The topological polar surface area (TPSA) is 74.8 Å². The number of piperidine rings is 1. The fourth-order valence-corrected chi connectivity index (χ4v) is 8.02. The number of benzene rings is 3. The third kappa shape index (κ3) is 8.42. The van der Waals surface area contributed by atoms with Gasteiger partial charge in [-0.1, -0.05) is 30.3 Å². The van der Waals surface area contributed by atoms with Crippen molar-refractivity contribution in [2.75, 3.05) is 66.9 Å². The summed E-state index contributed by atoms with van der Waals surface area (Å²) in [6.07, 6.45) is 9.96. The zero-order valence-electron chi connectivity index (χ0n) is 32.8. The number of pyridine rings is 1. The van der Waals surface area contributed by atoms with E-state index in [1.54, 1.807) is 54.4 Å². The van der Waals surface area contributed by atoms with Gasteiger partial charge in [-0.05, 0) is 103 Å². The number of methoxy groups -OCH3 is 6. The Bertz CT molecular complexity index is 1920. The van der Waals surface area contributed by atoms with Crippen molar-refractivity contribution in [1.82, 2.24) is 9.88 Å². The summed E-state index contributed by atoms with van der Waals surface area (Å²) in [5, 5.41) is 0. The zero-order chi connectivity index (χ0) is 38.2. The van der Waals surface area contributed by atoms with Gasteiger partial charge in [-0.2, -0.15) is 0 Å². The molecule has 2 atom stereocenters. The molecule has 1 aromatic heterocycles. The van der Waals surface area contributed by atoms with E-state index in [-0.39, 0.29) is 6.10 Å². The van der Waals surface area contributed by atoms with E-state index in [0.717, 1.165) is 61.4 Å². The lowest BCUT2D eigenvalue weighted by atomic mass is 9.87. The number of ether oxygens (including phenoxy) is 6. The fraction of sp³-hybridized carbons (Fsp3) is 0.386. The van der Waals surface area contributed by atoms with Crippen LogP contribution in [0.2, 0.25) is 0 Å². The van der Waals surface area contributed by atoms with E-state index in [9.17, 15) is 0 Å². The Morgan fingerprint density at radius 1 is 0.815 bits per heavy atom. The van der Waals surface area contributed by atoms with E-state index < -0.39 is 5.60 Å². The standard InChI is InChI=1S/C44H53N3O6S/c1-44(53-7)41(50-4)25-34(26-42(44)51-5)38-22-31(16-19-45-38)28-46-20-17-35(18-21-46)47(36-10-9-11-37(27-36)54-8)29-30-12-14-32(15-13-30)33-23-39(48-2)43(52-6)40(24-33)49-3/h9-16,19,22-27,35,41H,17-18,20-21,28-29H2,1-8H3. The molecule has 3 aromatic carbocycles. The second-order valence-electron chi connectivity index (χ2n) is 13.8. The van der Waals surface area contributed by atoms with Gasteiger partial charge in [0.2, 0.25) is 5.75 Å². The lowest BCUT2D eigenvalue weighted by Crippen LogP contribution is -2.45. The third-order valence-corrected chi connectivity index (χ3v) is 11.5. The molecular weight excluding hydrogens is 699 g/mol. The summed E-state index contributed by atoms with van der Waals surface area (Å²) in [5.41, 5.74) is 7.01. The van der Waals surface area contributed by atoms with Gasteiger partial charge in [0.1, 0.15) is 11.9 Å². The molecule has 10 heteroatoms. The maximum atomic E-state index is 5.83. The predicted molar refractivity (Wildman–Crippen MR) is 218 cm³/mol. The van der Waals surface area contributed by atoms with Gasteiger partial charge in [-0.15, -0.1) is 11.8 Å². The summed E-state index contributed by atoms with van der Waals surface area (Å²) in [5.74, 6) is 2.58. The van der Waals surface area contributed by atoms with Crippen LogP contribution in [0.4, 0.5) is 5.69 Å². The highest BCUT2D eigenvalue weighted by atomic mass is 32.2. The first kappa shape index (κ1) is 39.2. The maximum Gasteiger partial charge on any atom is 0.203 e. The van der Waals surface area contributed by atoms with Gasteiger partial charge in [-0.25, -0.2) is 0 Å². The molecule has 0 bridgehead atoms. The molecule has 2 heterocycles. The number of rotatable bonds is 15. The lowest BCUT2D eigenvalue weighted by molar-refractivity contribution is -0.0873. The van der Waals surface area contributed by atoms with Gasteiger partial charge in [0.05, 0.1) is 34.1 Å². The van der Waals surface area contributed by atoms with E-state index in [2.05, 4.69) is 82.8 Å². The second kappa shape index (κ2) is 17.8. The van der Waals surface area contributed by atoms with E-state index in [1.807, 2.05) is 31.3 Å². The minimum absolute atomic E-state index is 0.305. The van der Waals surface area contributed by atoms with Crippen molar-refractivity contribution < 1.29 is 28.4 Å². The molecular formula is C44H53N3O6S. The van der Waals surface area contributed by atoms with E-state index in [0.29, 0.717) is 29.0 Å². The van der Waals surface area contributed by atoms with Crippen LogP contribution in [0.5, 0.6) is 17.2 Å². The van der Waals surface area contributed by atoms with E-state index in [1.165, 1.54) is 21.7 Å². The van der Waals surface area contributed by atoms with E-state index in [4.69, 9.17) is 33.4 Å². The molecule has 6 rings (SSSR count). The number of anilines is 1. The van der Waals surface area contributed by atoms with Gasteiger partial charge in [-0.3, -0.25) is 9.88 Å². The lowest BCUT2D eigenvalue weighted by Gasteiger charge is -2.40. The largest absolute Gasteiger partial charge is 0.498 e. The first-order valence-electron chi connectivity index (χ1n) is 18.3. The molecule has 4 aromatic rings. The van der Waals surface area contributed by atoms with Gasteiger partial charge in [0.15, 0.2) is 17.1 Å². The second-order valence-corrected chi connectivity index (χ2v) is 14.7. The Morgan fingerprint density at radius 2 is 1.54 bits per heavy atom. The van der Waals surface area contributed by atoms with Crippen molar-refractivity contribution in [2.24, 2.45) is 0 Å². The molecule has 54 heavy (non-hydrogen) atoms. The van der Waals surface area contributed by atoms with Crippen LogP contribution < -0.4 is 19.1 Å². The molecule has 1 aliphatic carbocycles. The van der Waals surface area contributed by atoms with Crippen LogP contribution in [0.3, 0.4) is 0 Å². The number of hydrogen-bond donors (Lipinski definition) is 0.